The largest absolute Gasteiger partial charge is 0.289 e. The second-order valence-corrected chi connectivity index (χ2v) is 2.72. The van der Waals surface area contributed by atoms with Crippen LogP contribution in [-0.2, 0) is 4.79 Å². The van der Waals surface area contributed by atoms with E-state index in [0.717, 1.165) is 13.1 Å². The van der Waals surface area contributed by atoms with E-state index in [0.29, 0.717) is 0 Å². The van der Waals surface area contributed by atoms with Crippen molar-refractivity contribution in [3.05, 3.63) is 0 Å². The molecule has 0 atom stereocenters. The van der Waals surface area contributed by atoms with Crippen molar-refractivity contribution in [3.8, 4) is 0 Å². The minimum atomic E-state index is 0.0434. The Labute approximate surface area is 61.4 Å². The lowest BCUT2D eigenvalue weighted by atomic mass is 10.2. The number of rotatable bonds is 1. The van der Waals surface area contributed by atoms with Gasteiger partial charge in [0.2, 0.25) is 5.91 Å². The Morgan fingerprint density at radius 2 is 1.90 bits per heavy atom. The number of nitrogens with zero attached hydrogens (tertiary/aromatic N) is 1. The van der Waals surface area contributed by atoms with Crippen LogP contribution >= 0.6 is 0 Å². The van der Waals surface area contributed by atoms with Gasteiger partial charge in [-0.15, -0.1) is 0 Å². The zero-order valence-electron chi connectivity index (χ0n) is 6.39. The zero-order chi connectivity index (χ0) is 7.40. The van der Waals surface area contributed by atoms with Crippen molar-refractivity contribution in [3.63, 3.8) is 0 Å². The molecule has 0 spiro atoms. The van der Waals surface area contributed by atoms with Gasteiger partial charge >= 0.3 is 0 Å². The van der Waals surface area contributed by atoms with Gasteiger partial charge in [-0.25, -0.2) is 5.01 Å². The number of piperidine rings is 1. The molecule has 0 bridgehead atoms. The molecule has 0 aliphatic carbocycles. The highest BCUT2D eigenvalue weighted by Gasteiger charge is 2.09. The van der Waals surface area contributed by atoms with Crippen LogP contribution < -0.4 is 5.43 Å². The third-order valence-electron chi connectivity index (χ3n) is 1.67. The topological polar surface area (TPSA) is 32.3 Å². The van der Waals surface area contributed by atoms with E-state index in [9.17, 15) is 4.79 Å². The smallest absolute Gasteiger partial charge is 0.231 e. The summed E-state index contributed by atoms with van der Waals surface area (Å²) in [5, 5.41) is 1.99. The Hall–Kier alpha value is -0.570. The maximum atomic E-state index is 10.6. The quantitative estimate of drug-likeness (QED) is 0.579. The van der Waals surface area contributed by atoms with E-state index < -0.39 is 0 Å². The summed E-state index contributed by atoms with van der Waals surface area (Å²) in [6, 6.07) is 0. The van der Waals surface area contributed by atoms with Gasteiger partial charge in [0, 0.05) is 20.0 Å². The number of nitrogens with one attached hydrogen (secondary N) is 1. The van der Waals surface area contributed by atoms with Gasteiger partial charge in [0.1, 0.15) is 0 Å². The van der Waals surface area contributed by atoms with E-state index in [1.54, 1.807) is 6.92 Å². The molecular weight excluding hydrogens is 128 g/mol. The van der Waals surface area contributed by atoms with Gasteiger partial charge in [-0.3, -0.25) is 10.2 Å². The fourth-order valence-electron chi connectivity index (χ4n) is 1.23. The predicted molar refractivity (Wildman–Crippen MR) is 39.2 cm³/mol. The van der Waals surface area contributed by atoms with Gasteiger partial charge in [0.05, 0.1) is 0 Å². The number of hydrogen-bond donors (Lipinski definition) is 1. The Morgan fingerprint density at radius 1 is 1.30 bits per heavy atom. The molecule has 3 heteroatoms. The Morgan fingerprint density at radius 3 is 2.40 bits per heavy atom. The molecule has 0 aromatic rings. The van der Waals surface area contributed by atoms with Crippen molar-refractivity contribution in [1.29, 1.82) is 0 Å². The fourth-order valence-corrected chi connectivity index (χ4v) is 1.23. The highest BCUT2D eigenvalue weighted by Crippen LogP contribution is 2.05. The van der Waals surface area contributed by atoms with E-state index in [2.05, 4.69) is 5.43 Å². The van der Waals surface area contributed by atoms with Gasteiger partial charge in [0.15, 0.2) is 0 Å². The summed E-state index contributed by atoms with van der Waals surface area (Å²) in [5.41, 5.74) is 2.78. The van der Waals surface area contributed by atoms with Crippen LogP contribution in [0.5, 0.6) is 0 Å². The molecule has 0 aromatic heterocycles. The first-order chi connectivity index (χ1) is 4.79. The molecule has 1 aliphatic rings. The highest BCUT2D eigenvalue weighted by atomic mass is 16.2. The highest BCUT2D eigenvalue weighted by molar-refractivity contribution is 5.72. The maximum absolute atomic E-state index is 10.6. The number of carbonyl (C=O) groups is 1. The Bertz CT molecular complexity index is 119. The summed E-state index contributed by atoms with van der Waals surface area (Å²) < 4.78 is 0. The molecule has 58 valence electrons. The van der Waals surface area contributed by atoms with Crippen molar-refractivity contribution < 1.29 is 4.79 Å². The average molecular weight is 142 g/mol. The van der Waals surface area contributed by atoms with Crippen LogP contribution in [0, 0.1) is 0 Å². The van der Waals surface area contributed by atoms with E-state index in [-0.39, 0.29) is 5.91 Å². The third kappa shape index (κ3) is 2.35. The van der Waals surface area contributed by atoms with Crippen molar-refractivity contribution >= 4 is 5.91 Å². The van der Waals surface area contributed by atoms with Crippen molar-refractivity contribution in [2.24, 2.45) is 0 Å². The van der Waals surface area contributed by atoms with E-state index in [4.69, 9.17) is 0 Å². The molecule has 0 unspecified atom stereocenters. The number of hydrazine groups is 1. The van der Waals surface area contributed by atoms with Crippen LogP contribution in [0.25, 0.3) is 0 Å². The molecule has 1 saturated heterocycles. The Kier molecular flexibility index (Phi) is 2.68. The molecule has 1 heterocycles. The van der Waals surface area contributed by atoms with Crippen LogP contribution in [0.4, 0.5) is 0 Å². The van der Waals surface area contributed by atoms with Gasteiger partial charge in [-0.05, 0) is 12.8 Å². The molecule has 1 fully saturated rings. The predicted octanol–water partition coefficient (Wildman–Crippen LogP) is 0.523. The molecule has 1 amide bonds. The summed E-state index contributed by atoms with van der Waals surface area (Å²) in [4.78, 5) is 10.6. The van der Waals surface area contributed by atoms with E-state index >= 15 is 0 Å². The van der Waals surface area contributed by atoms with E-state index in [1.165, 1.54) is 19.3 Å². The Balaban J connectivity index is 2.19. The second kappa shape index (κ2) is 3.56. The summed E-state index contributed by atoms with van der Waals surface area (Å²) in [7, 11) is 0. The lowest BCUT2D eigenvalue weighted by Crippen LogP contribution is -2.43. The lowest BCUT2D eigenvalue weighted by Gasteiger charge is -2.25. The monoisotopic (exact) mass is 142 g/mol. The minimum Gasteiger partial charge on any atom is -0.289 e. The van der Waals surface area contributed by atoms with Crippen LogP contribution in [0.1, 0.15) is 26.2 Å². The van der Waals surface area contributed by atoms with Crippen LogP contribution in [0.2, 0.25) is 0 Å². The molecular formula is C7H14N2O. The van der Waals surface area contributed by atoms with Gasteiger partial charge < -0.3 is 0 Å². The molecule has 0 aromatic carbocycles. The molecule has 0 radical (unpaired) electrons. The lowest BCUT2D eigenvalue weighted by molar-refractivity contribution is -0.124. The minimum absolute atomic E-state index is 0.0434. The van der Waals surface area contributed by atoms with E-state index in [1.807, 2.05) is 5.01 Å². The average Bonchev–Trinajstić information content (AvgIpc) is 1.88. The second-order valence-electron chi connectivity index (χ2n) is 2.72. The van der Waals surface area contributed by atoms with Crippen LogP contribution in [0.3, 0.4) is 0 Å². The van der Waals surface area contributed by atoms with Crippen LogP contribution in [0.15, 0.2) is 0 Å². The number of amides is 1. The molecule has 3 nitrogen and oxygen atoms in total. The van der Waals surface area contributed by atoms with Gasteiger partial charge in [-0.1, -0.05) is 6.42 Å². The first-order valence-electron chi connectivity index (χ1n) is 3.81. The van der Waals surface area contributed by atoms with Crippen molar-refractivity contribution in [2.45, 2.75) is 26.2 Å². The maximum Gasteiger partial charge on any atom is 0.231 e. The summed E-state index contributed by atoms with van der Waals surface area (Å²) in [6.45, 7) is 3.58. The summed E-state index contributed by atoms with van der Waals surface area (Å²) in [6.07, 6.45) is 3.72. The normalized spacial score (nSPS) is 20.5. The SMILES string of the molecule is CC(=O)NN1CCCCC1. The standard InChI is InChI=1S/C7H14N2O/c1-7(10)8-9-5-3-2-4-6-9/h2-6H2,1H3,(H,8,10). The molecule has 1 N–H and O–H groups in total. The molecule has 0 saturated carbocycles. The summed E-state index contributed by atoms with van der Waals surface area (Å²) in [5.74, 6) is 0.0434. The summed E-state index contributed by atoms with van der Waals surface area (Å²) >= 11 is 0. The van der Waals surface area contributed by atoms with Gasteiger partial charge in [-0.2, -0.15) is 0 Å². The number of carbonyl (C=O) groups excluding carboxylic acids is 1. The third-order valence-corrected chi connectivity index (χ3v) is 1.67. The first kappa shape index (κ1) is 7.54. The van der Waals surface area contributed by atoms with Crippen molar-refractivity contribution in [1.82, 2.24) is 10.4 Å². The van der Waals surface area contributed by atoms with Gasteiger partial charge in [0.25, 0.3) is 0 Å². The first-order valence-corrected chi connectivity index (χ1v) is 3.81. The molecule has 1 aliphatic heterocycles. The molecule has 10 heavy (non-hydrogen) atoms. The molecule has 1 rings (SSSR count). The number of hydrogen-bond acceptors (Lipinski definition) is 2. The van der Waals surface area contributed by atoms with Crippen LogP contribution in [-0.4, -0.2) is 24.0 Å². The zero-order valence-corrected chi connectivity index (χ0v) is 6.39. The van der Waals surface area contributed by atoms with Crippen molar-refractivity contribution in [2.75, 3.05) is 13.1 Å². The fraction of sp³-hybridized carbons (Fsp3) is 0.857.